The first-order valence-electron chi connectivity index (χ1n) is 6.37. The molecule has 1 aliphatic heterocycles. The second-order valence-corrected chi connectivity index (χ2v) is 5.49. The van der Waals surface area contributed by atoms with Crippen LogP contribution in [0.15, 0.2) is 28.7 Å². The van der Waals surface area contributed by atoms with E-state index in [0.29, 0.717) is 12.1 Å². The highest BCUT2D eigenvalue weighted by atomic mass is 79.9. The molecule has 94 valence electrons. The standard InChI is InChI=1S/C14H20BrNO/c1-11(13-7-2-3-8-14(13)15)16-10-12-6-4-5-9-17-12/h2-3,7-8,11-12,16H,4-6,9-10H2,1H3. The third-order valence-corrected chi connectivity index (χ3v) is 4.02. The molecule has 2 nitrogen and oxygen atoms in total. The molecule has 1 saturated heterocycles. The number of rotatable bonds is 4. The summed E-state index contributed by atoms with van der Waals surface area (Å²) in [5.74, 6) is 0. The maximum absolute atomic E-state index is 5.72. The zero-order chi connectivity index (χ0) is 12.1. The smallest absolute Gasteiger partial charge is 0.0699 e. The van der Waals surface area contributed by atoms with Crippen LogP contribution in [0.2, 0.25) is 0 Å². The van der Waals surface area contributed by atoms with Crippen molar-refractivity contribution in [3.8, 4) is 0 Å². The zero-order valence-corrected chi connectivity index (χ0v) is 11.9. The summed E-state index contributed by atoms with van der Waals surface area (Å²) in [6, 6.07) is 8.73. The highest BCUT2D eigenvalue weighted by molar-refractivity contribution is 9.10. The first-order chi connectivity index (χ1) is 8.27. The number of hydrogen-bond donors (Lipinski definition) is 1. The van der Waals surface area contributed by atoms with Gasteiger partial charge >= 0.3 is 0 Å². The molecule has 0 aromatic heterocycles. The van der Waals surface area contributed by atoms with Gasteiger partial charge in [0.15, 0.2) is 0 Å². The summed E-state index contributed by atoms with van der Waals surface area (Å²) in [7, 11) is 0. The molecule has 17 heavy (non-hydrogen) atoms. The van der Waals surface area contributed by atoms with E-state index in [1.54, 1.807) is 0 Å². The van der Waals surface area contributed by atoms with Gasteiger partial charge in [0.25, 0.3) is 0 Å². The summed E-state index contributed by atoms with van der Waals surface area (Å²) >= 11 is 3.59. The number of benzene rings is 1. The summed E-state index contributed by atoms with van der Waals surface area (Å²) in [4.78, 5) is 0. The Bertz CT molecular complexity index is 350. The predicted molar refractivity (Wildman–Crippen MR) is 74.2 cm³/mol. The normalized spacial score (nSPS) is 22.4. The summed E-state index contributed by atoms with van der Waals surface area (Å²) < 4.78 is 6.89. The van der Waals surface area contributed by atoms with Crippen molar-refractivity contribution in [2.45, 2.75) is 38.3 Å². The van der Waals surface area contributed by atoms with Crippen molar-refractivity contribution in [3.63, 3.8) is 0 Å². The average molecular weight is 298 g/mol. The molecule has 1 heterocycles. The molecule has 2 atom stereocenters. The lowest BCUT2D eigenvalue weighted by atomic mass is 10.1. The molecule has 1 aromatic carbocycles. The molecule has 0 amide bonds. The zero-order valence-electron chi connectivity index (χ0n) is 10.3. The van der Waals surface area contributed by atoms with Crippen LogP contribution in [-0.4, -0.2) is 19.3 Å². The second kappa shape index (κ2) is 6.53. The molecule has 0 spiro atoms. The van der Waals surface area contributed by atoms with E-state index in [0.717, 1.165) is 13.2 Å². The minimum atomic E-state index is 0.358. The quantitative estimate of drug-likeness (QED) is 0.916. The van der Waals surface area contributed by atoms with Crippen molar-refractivity contribution in [2.75, 3.05) is 13.2 Å². The molecule has 1 aliphatic rings. The highest BCUT2D eigenvalue weighted by Crippen LogP contribution is 2.23. The lowest BCUT2D eigenvalue weighted by molar-refractivity contribution is 0.0156. The average Bonchev–Trinajstić information content (AvgIpc) is 2.38. The van der Waals surface area contributed by atoms with Gasteiger partial charge in [0.1, 0.15) is 0 Å². The largest absolute Gasteiger partial charge is 0.377 e. The first kappa shape index (κ1) is 13.1. The molecular weight excluding hydrogens is 278 g/mol. The van der Waals surface area contributed by atoms with Gasteiger partial charge in [-0.25, -0.2) is 0 Å². The molecule has 0 radical (unpaired) electrons. The number of hydrogen-bond acceptors (Lipinski definition) is 2. The Morgan fingerprint density at radius 3 is 2.94 bits per heavy atom. The SMILES string of the molecule is CC(NCC1CCCCO1)c1ccccc1Br. The van der Waals surface area contributed by atoms with E-state index in [1.165, 1.54) is 29.3 Å². The van der Waals surface area contributed by atoms with E-state index < -0.39 is 0 Å². The molecule has 2 rings (SSSR count). The fraction of sp³-hybridized carbons (Fsp3) is 0.571. The molecule has 0 bridgehead atoms. The third-order valence-electron chi connectivity index (χ3n) is 3.30. The molecule has 1 fully saturated rings. The van der Waals surface area contributed by atoms with Gasteiger partial charge < -0.3 is 10.1 Å². The molecule has 1 N–H and O–H groups in total. The minimum absolute atomic E-state index is 0.358. The van der Waals surface area contributed by atoms with E-state index in [-0.39, 0.29) is 0 Å². The number of halogens is 1. The number of nitrogens with one attached hydrogen (secondary N) is 1. The molecule has 3 heteroatoms. The Kier molecular flexibility index (Phi) is 5.01. The Morgan fingerprint density at radius 1 is 1.41 bits per heavy atom. The van der Waals surface area contributed by atoms with E-state index in [9.17, 15) is 0 Å². The minimum Gasteiger partial charge on any atom is -0.377 e. The molecule has 0 aliphatic carbocycles. The van der Waals surface area contributed by atoms with Crippen LogP contribution in [0.4, 0.5) is 0 Å². The summed E-state index contributed by atoms with van der Waals surface area (Å²) in [6.45, 7) is 4.07. The number of ether oxygens (including phenoxy) is 1. The maximum atomic E-state index is 5.72. The molecule has 2 unspecified atom stereocenters. The van der Waals surface area contributed by atoms with Crippen molar-refractivity contribution < 1.29 is 4.74 Å². The molecule has 1 aromatic rings. The van der Waals surface area contributed by atoms with Gasteiger partial charge in [-0.05, 0) is 37.8 Å². The summed E-state index contributed by atoms with van der Waals surface area (Å²) in [5.41, 5.74) is 1.31. The van der Waals surface area contributed by atoms with Gasteiger partial charge in [0, 0.05) is 23.7 Å². The van der Waals surface area contributed by atoms with E-state index in [4.69, 9.17) is 4.74 Å². The van der Waals surface area contributed by atoms with Gasteiger partial charge in [0.2, 0.25) is 0 Å². The van der Waals surface area contributed by atoms with Crippen molar-refractivity contribution in [3.05, 3.63) is 34.3 Å². The van der Waals surface area contributed by atoms with Crippen LogP contribution in [0.25, 0.3) is 0 Å². The van der Waals surface area contributed by atoms with Crippen molar-refractivity contribution in [2.24, 2.45) is 0 Å². The summed E-state index contributed by atoms with van der Waals surface area (Å²) in [5, 5.41) is 3.55. The van der Waals surface area contributed by atoms with Crippen molar-refractivity contribution in [1.29, 1.82) is 0 Å². The van der Waals surface area contributed by atoms with Gasteiger partial charge in [0.05, 0.1) is 6.10 Å². The molecular formula is C14H20BrNO. The van der Waals surface area contributed by atoms with E-state index in [1.807, 2.05) is 6.07 Å². The lowest BCUT2D eigenvalue weighted by Gasteiger charge is -2.25. The molecule has 0 saturated carbocycles. The Hall–Kier alpha value is -0.380. The maximum Gasteiger partial charge on any atom is 0.0699 e. The first-order valence-corrected chi connectivity index (χ1v) is 7.16. The predicted octanol–water partition coefficient (Wildman–Crippen LogP) is 3.67. The van der Waals surface area contributed by atoms with Crippen LogP contribution in [0.3, 0.4) is 0 Å². The Labute approximate surface area is 112 Å². The van der Waals surface area contributed by atoms with E-state index in [2.05, 4.69) is 46.4 Å². The lowest BCUT2D eigenvalue weighted by Crippen LogP contribution is -2.33. The van der Waals surface area contributed by atoms with Gasteiger partial charge in [-0.15, -0.1) is 0 Å². The van der Waals surface area contributed by atoms with Crippen molar-refractivity contribution >= 4 is 15.9 Å². The van der Waals surface area contributed by atoms with Crippen LogP contribution in [0, 0.1) is 0 Å². The van der Waals surface area contributed by atoms with Crippen molar-refractivity contribution in [1.82, 2.24) is 5.32 Å². The second-order valence-electron chi connectivity index (χ2n) is 4.64. The fourth-order valence-electron chi connectivity index (χ4n) is 2.21. The van der Waals surface area contributed by atoms with Gasteiger partial charge in [-0.3, -0.25) is 0 Å². The van der Waals surface area contributed by atoms with Crippen LogP contribution in [0.5, 0.6) is 0 Å². The highest BCUT2D eigenvalue weighted by Gasteiger charge is 2.15. The summed E-state index contributed by atoms with van der Waals surface area (Å²) in [6.07, 6.45) is 4.11. The van der Waals surface area contributed by atoms with Gasteiger partial charge in [-0.1, -0.05) is 34.1 Å². The van der Waals surface area contributed by atoms with Gasteiger partial charge in [-0.2, -0.15) is 0 Å². The van der Waals surface area contributed by atoms with Crippen LogP contribution in [0.1, 0.15) is 37.8 Å². The topological polar surface area (TPSA) is 21.3 Å². The fourth-order valence-corrected chi connectivity index (χ4v) is 2.84. The monoisotopic (exact) mass is 297 g/mol. The van der Waals surface area contributed by atoms with Crippen LogP contribution < -0.4 is 5.32 Å². The third kappa shape index (κ3) is 3.80. The van der Waals surface area contributed by atoms with Crippen LogP contribution in [-0.2, 0) is 4.74 Å². The Balaban J connectivity index is 1.84. The van der Waals surface area contributed by atoms with Crippen LogP contribution >= 0.6 is 15.9 Å². The Morgan fingerprint density at radius 2 is 2.24 bits per heavy atom. The van der Waals surface area contributed by atoms with E-state index >= 15 is 0 Å².